The van der Waals surface area contributed by atoms with Crippen LogP contribution in [0.5, 0.6) is 0 Å². The fraction of sp³-hybridized carbons (Fsp3) is 0.130. The molecule has 0 aliphatic rings. The van der Waals surface area contributed by atoms with Crippen molar-refractivity contribution < 1.29 is 0 Å². The minimum Gasteiger partial charge on any atom is -0.362 e. The van der Waals surface area contributed by atoms with Gasteiger partial charge in [0.05, 0.1) is 11.4 Å². The maximum atomic E-state index is 4.97. The van der Waals surface area contributed by atoms with Gasteiger partial charge < -0.3 is 4.90 Å². The molecule has 0 radical (unpaired) electrons. The predicted octanol–water partition coefficient (Wildman–Crippen LogP) is 4.88. The number of fused-ring (bicyclic) bond motifs is 1. The lowest BCUT2D eigenvalue weighted by atomic mass is 9.90. The fourth-order valence-electron chi connectivity index (χ4n) is 3.33. The van der Waals surface area contributed by atoms with E-state index >= 15 is 0 Å². The molecule has 1 heterocycles. The first kappa shape index (κ1) is 16.3. The largest absolute Gasteiger partial charge is 0.362 e. The van der Waals surface area contributed by atoms with E-state index in [1.807, 2.05) is 38.4 Å². The van der Waals surface area contributed by atoms with E-state index in [1.165, 1.54) is 11.1 Å². The number of hydrogen-bond donors (Lipinski definition) is 0. The van der Waals surface area contributed by atoms with Gasteiger partial charge in [0.1, 0.15) is 11.6 Å². The van der Waals surface area contributed by atoms with Gasteiger partial charge in [-0.2, -0.15) is 0 Å². The van der Waals surface area contributed by atoms with Crippen LogP contribution in [0.3, 0.4) is 0 Å². The fourth-order valence-corrected chi connectivity index (χ4v) is 3.33. The molecule has 3 nitrogen and oxygen atoms in total. The second kappa shape index (κ2) is 6.96. The van der Waals surface area contributed by atoms with Crippen LogP contribution in [0, 0.1) is 0 Å². The molecule has 0 saturated carbocycles. The van der Waals surface area contributed by atoms with Gasteiger partial charge in [-0.05, 0) is 23.3 Å². The second-order valence-corrected chi connectivity index (χ2v) is 6.57. The highest BCUT2D eigenvalue weighted by Gasteiger charge is 2.21. The third-order valence-electron chi connectivity index (χ3n) is 4.55. The van der Waals surface area contributed by atoms with E-state index in [2.05, 4.69) is 65.6 Å². The van der Waals surface area contributed by atoms with Gasteiger partial charge in [0.25, 0.3) is 0 Å². The molecule has 0 fully saturated rings. The summed E-state index contributed by atoms with van der Waals surface area (Å²) >= 11 is 0. The summed E-state index contributed by atoms with van der Waals surface area (Å²) < 4.78 is 0. The molecule has 0 bridgehead atoms. The molecule has 0 saturated heterocycles. The summed E-state index contributed by atoms with van der Waals surface area (Å²) in [5.41, 5.74) is 3.36. The SMILES string of the molecule is CN(C)c1nc(C(c2ccccc2)c2ccccc2)nc2ccccc12. The quantitative estimate of drug-likeness (QED) is 0.531. The monoisotopic (exact) mass is 339 g/mol. The maximum Gasteiger partial charge on any atom is 0.143 e. The maximum absolute atomic E-state index is 4.97. The number of aromatic nitrogens is 2. The van der Waals surface area contributed by atoms with E-state index in [4.69, 9.17) is 9.97 Å². The second-order valence-electron chi connectivity index (χ2n) is 6.57. The van der Waals surface area contributed by atoms with Gasteiger partial charge in [0, 0.05) is 19.5 Å². The molecule has 0 atom stereocenters. The highest BCUT2D eigenvalue weighted by atomic mass is 15.2. The Hall–Kier alpha value is -3.20. The number of nitrogens with zero attached hydrogens (tertiary/aromatic N) is 3. The standard InChI is InChI=1S/C23H21N3/c1-26(2)23-19-15-9-10-16-20(19)24-22(25-23)21(17-11-5-3-6-12-17)18-13-7-4-8-14-18/h3-16,21H,1-2H3. The Kier molecular flexibility index (Phi) is 4.36. The lowest BCUT2D eigenvalue weighted by molar-refractivity contribution is 0.859. The lowest BCUT2D eigenvalue weighted by Crippen LogP contribution is -2.15. The first-order chi connectivity index (χ1) is 12.7. The number of rotatable bonds is 4. The van der Waals surface area contributed by atoms with Gasteiger partial charge in [-0.15, -0.1) is 0 Å². The van der Waals surface area contributed by atoms with Crippen molar-refractivity contribution in [3.63, 3.8) is 0 Å². The molecular weight excluding hydrogens is 318 g/mol. The minimum atomic E-state index is 0.000654. The summed E-state index contributed by atoms with van der Waals surface area (Å²) in [6.45, 7) is 0. The number of benzene rings is 3. The zero-order chi connectivity index (χ0) is 17.9. The number of para-hydroxylation sites is 1. The average Bonchev–Trinajstić information content (AvgIpc) is 2.69. The molecule has 0 unspecified atom stereocenters. The molecule has 26 heavy (non-hydrogen) atoms. The van der Waals surface area contributed by atoms with E-state index in [0.717, 1.165) is 22.5 Å². The van der Waals surface area contributed by atoms with E-state index < -0.39 is 0 Å². The van der Waals surface area contributed by atoms with Crippen molar-refractivity contribution in [1.82, 2.24) is 9.97 Å². The van der Waals surface area contributed by atoms with Gasteiger partial charge >= 0.3 is 0 Å². The van der Waals surface area contributed by atoms with E-state index in [9.17, 15) is 0 Å². The molecule has 3 aromatic carbocycles. The van der Waals surface area contributed by atoms with E-state index in [0.29, 0.717) is 0 Å². The van der Waals surface area contributed by atoms with Gasteiger partial charge in [0.2, 0.25) is 0 Å². The molecule has 4 rings (SSSR count). The van der Waals surface area contributed by atoms with Crippen molar-refractivity contribution in [3.05, 3.63) is 102 Å². The number of anilines is 1. The molecule has 0 aliphatic carbocycles. The molecule has 4 aromatic rings. The van der Waals surface area contributed by atoms with Crippen LogP contribution in [0.25, 0.3) is 10.9 Å². The van der Waals surface area contributed by atoms with Crippen LogP contribution in [-0.2, 0) is 0 Å². The third kappa shape index (κ3) is 3.04. The Morgan fingerprint density at radius 3 is 1.77 bits per heavy atom. The Labute approximate surface area is 154 Å². The summed E-state index contributed by atoms with van der Waals surface area (Å²) in [6.07, 6.45) is 0. The van der Waals surface area contributed by atoms with Gasteiger partial charge in [-0.3, -0.25) is 0 Å². The van der Waals surface area contributed by atoms with Crippen molar-refractivity contribution in [2.45, 2.75) is 5.92 Å². The van der Waals surface area contributed by atoms with Crippen LogP contribution < -0.4 is 4.90 Å². The Bertz CT molecular complexity index is 972. The van der Waals surface area contributed by atoms with Crippen LogP contribution in [-0.4, -0.2) is 24.1 Å². The Balaban J connectivity index is 1.97. The molecule has 0 amide bonds. The topological polar surface area (TPSA) is 29.0 Å². The van der Waals surface area contributed by atoms with E-state index in [-0.39, 0.29) is 5.92 Å². The van der Waals surface area contributed by atoms with Crippen LogP contribution in [0.2, 0.25) is 0 Å². The van der Waals surface area contributed by atoms with Gasteiger partial charge in [0.15, 0.2) is 0 Å². The van der Waals surface area contributed by atoms with Crippen molar-refractivity contribution in [3.8, 4) is 0 Å². The molecule has 0 N–H and O–H groups in total. The first-order valence-electron chi connectivity index (χ1n) is 8.78. The predicted molar refractivity (Wildman–Crippen MR) is 108 cm³/mol. The summed E-state index contributed by atoms with van der Waals surface area (Å²) in [7, 11) is 4.05. The molecule has 1 aromatic heterocycles. The summed E-state index contributed by atoms with van der Waals surface area (Å²) in [4.78, 5) is 12.0. The van der Waals surface area contributed by atoms with Crippen molar-refractivity contribution in [2.24, 2.45) is 0 Å². The normalized spacial score (nSPS) is 11.0. The highest BCUT2D eigenvalue weighted by Crippen LogP contribution is 2.32. The zero-order valence-corrected chi connectivity index (χ0v) is 15.0. The van der Waals surface area contributed by atoms with Crippen LogP contribution in [0.15, 0.2) is 84.9 Å². The molecule has 0 aliphatic heterocycles. The summed E-state index contributed by atoms with van der Waals surface area (Å²) in [5.74, 6) is 1.77. The third-order valence-corrected chi connectivity index (χ3v) is 4.55. The summed E-state index contributed by atoms with van der Waals surface area (Å²) in [6, 6.07) is 29.1. The van der Waals surface area contributed by atoms with Gasteiger partial charge in [-0.25, -0.2) is 9.97 Å². The molecule has 128 valence electrons. The van der Waals surface area contributed by atoms with Crippen molar-refractivity contribution >= 4 is 16.7 Å². The molecule has 3 heteroatoms. The number of hydrogen-bond acceptors (Lipinski definition) is 3. The summed E-state index contributed by atoms with van der Waals surface area (Å²) in [5, 5.41) is 1.07. The first-order valence-corrected chi connectivity index (χ1v) is 8.78. The van der Waals surface area contributed by atoms with Gasteiger partial charge in [-0.1, -0.05) is 72.8 Å². The van der Waals surface area contributed by atoms with Crippen LogP contribution >= 0.6 is 0 Å². The molecular formula is C23H21N3. The van der Waals surface area contributed by atoms with E-state index in [1.54, 1.807) is 0 Å². The van der Waals surface area contributed by atoms with Crippen LogP contribution in [0.1, 0.15) is 22.9 Å². The zero-order valence-electron chi connectivity index (χ0n) is 15.0. The molecule has 0 spiro atoms. The Morgan fingerprint density at radius 1 is 0.654 bits per heavy atom. The van der Waals surface area contributed by atoms with Crippen molar-refractivity contribution in [1.29, 1.82) is 0 Å². The van der Waals surface area contributed by atoms with Crippen molar-refractivity contribution in [2.75, 3.05) is 19.0 Å². The van der Waals surface area contributed by atoms with Crippen LogP contribution in [0.4, 0.5) is 5.82 Å². The minimum absolute atomic E-state index is 0.000654. The average molecular weight is 339 g/mol. The lowest BCUT2D eigenvalue weighted by Gasteiger charge is -2.21. The smallest absolute Gasteiger partial charge is 0.143 e. The highest BCUT2D eigenvalue weighted by molar-refractivity contribution is 5.89. The Morgan fingerprint density at radius 2 is 1.19 bits per heavy atom.